The van der Waals surface area contributed by atoms with Crippen molar-refractivity contribution in [3.63, 3.8) is 0 Å². The number of oxime groups is 1. The van der Waals surface area contributed by atoms with E-state index in [1.165, 1.54) is 29.2 Å². The third kappa shape index (κ3) is 5.72. The maximum Gasteiger partial charge on any atom is 0.335 e. The number of ketones is 1. The van der Waals surface area contributed by atoms with Crippen molar-refractivity contribution in [1.82, 2.24) is 4.90 Å². The van der Waals surface area contributed by atoms with Crippen LogP contribution in [0.5, 0.6) is 0 Å². The van der Waals surface area contributed by atoms with E-state index in [-0.39, 0.29) is 47.0 Å². The Morgan fingerprint density at radius 1 is 1.00 bits per heavy atom. The molecule has 1 amide bonds. The number of hydrogen-bond acceptors (Lipinski definition) is 7. The molecule has 0 bridgehead atoms. The lowest BCUT2D eigenvalue weighted by molar-refractivity contribution is -0.149. The molecule has 43 heavy (non-hydrogen) atoms. The number of hydrogen-bond donors (Lipinski definition) is 1. The van der Waals surface area contributed by atoms with E-state index in [4.69, 9.17) is 21.2 Å². The summed E-state index contributed by atoms with van der Waals surface area (Å²) >= 11 is 5.95. The molecule has 3 aromatic rings. The minimum absolute atomic E-state index is 0.00341. The van der Waals surface area contributed by atoms with Crippen molar-refractivity contribution >= 4 is 40.7 Å². The van der Waals surface area contributed by atoms with Crippen LogP contribution in [-0.2, 0) is 32.0 Å². The molecular weight excluding hydrogens is 577 g/mol. The van der Waals surface area contributed by atoms with Crippen LogP contribution in [0.25, 0.3) is 0 Å². The molecule has 0 saturated carbocycles. The largest absolute Gasteiger partial charge is 0.478 e. The van der Waals surface area contributed by atoms with Gasteiger partial charge in [0.2, 0.25) is 6.10 Å². The third-order valence-corrected chi connectivity index (χ3v) is 8.41. The zero-order valence-electron chi connectivity index (χ0n) is 23.2. The van der Waals surface area contributed by atoms with E-state index in [2.05, 4.69) is 10.1 Å². The van der Waals surface area contributed by atoms with Crippen LogP contribution in [0.15, 0.2) is 65.8 Å². The van der Waals surface area contributed by atoms with E-state index < -0.39 is 29.8 Å². The van der Waals surface area contributed by atoms with E-state index >= 15 is 0 Å². The van der Waals surface area contributed by atoms with Crippen LogP contribution in [0, 0.1) is 5.82 Å². The van der Waals surface area contributed by atoms with Gasteiger partial charge >= 0.3 is 5.97 Å². The number of nitrogens with zero attached hydrogens (tertiary/aromatic N) is 3. The molecule has 0 radical (unpaired) electrons. The monoisotopic (exact) mass is 605 g/mol. The Morgan fingerprint density at radius 3 is 2.49 bits per heavy atom. The molecule has 1 N–H and O–H groups in total. The van der Waals surface area contributed by atoms with Crippen LogP contribution in [0.1, 0.15) is 45.1 Å². The van der Waals surface area contributed by atoms with Crippen molar-refractivity contribution in [2.45, 2.75) is 31.4 Å². The number of morpholine rings is 1. The number of amides is 1. The Balaban J connectivity index is 1.30. The van der Waals surface area contributed by atoms with Gasteiger partial charge in [0.1, 0.15) is 6.04 Å². The summed E-state index contributed by atoms with van der Waals surface area (Å²) in [4.78, 5) is 48.6. The molecule has 0 aromatic heterocycles. The number of carboxylic acid groups (broad SMARTS) is 1. The topological polar surface area (TPSA) is 109 Å². The van der Waals surface area contributed by atoms with Crippen molar-refractivity contribution in [2.24, 2.45) is 5.16 Å². The molecule has 2 atom stereocenters. The van der Waals surface area contributed by atoms with Crippen LogP contribution in [-0.4, -0.2) is 72.3 Å². The summed E-state index contributed by atoms with van der Waals surface area (Å²) in [6.07, 6.45) is -0.460. The first-order chi connectivity index (χ1) is 20.8. The fourth-order valence-electron chi connectivity index (χ4n) is 5.98. The second-order valence-corrected chi connectivity index (χ2v) is 11.1. The maximum atomic E-state index is 14.7. The van der Waals surface area contributed by atoms with Gasteiger partial charge in [0, 0.05) is 43.7 Å². The minimum atomic E-state index is -1.05. The van der Waals surface area contributed by atoms with Gasteiger partial charge in [-0.2, -0.15) is 0 Å². The van der Waals surface area contributed by atoms with Gasteiger partial charge in [-0.05, 0) is 53.4 Å². The molecule has 6 rings (SSSR count). The smallest absolute Gasteiger partial charge is 0.335 e. The molecule has 3 aromatic carbocycles. The summed E-state index contributed by atoms with van der Waals surface area (Å²) in [6.45, 7) is 2.95. The fraction of sp³-hybridized carbons (Fsp3) is 0.312. The van der Waals surface area contributed by atoms with Crippen molar-refractivity contribution in [2.75, 3.05) is 37.7 Å². The van der Waals surface area contributed by atoms with E-state index in [1.807, 2.05) is 18.2 Å². The fourth-order valence-corrected chi connectivity index (χ4v) is 6.15. The number of carboxylic acids is 1. The standard InChI is InChI=1S/C32H29ClFN3O6/c33-24-5-1-4-23(29(24)34)25-18-28(43-35-25)31(39)37-12-11-21-22(3-2-6-26(21)36-13-15-42-16-14-36)30(37)27(38)17-19-7-9-20(10-8-19)32(40)41/h1-10,28,30H,11-18H2,(H,40,41)/t28-,30-/m1/s1. The Bertz CT molecular complexity index is 1610. The molecule has 9 nitrogen and oxygen atoms in total. The van der Waals surface area contributed by atoms with Crippen molar-refractivity contribution in [3.8, 4) is 0 Å². The number of fused-ring (bicyclic) bond motifs is 1. The molecule has 0 aliphatic carbocycles. The van der Waals surface area contributed by atoms with Crippen LogP contribution >= 0.6 is 11.6 Å². The molecule has 1 fully saturated rings. The molecule has 0 unspecified atom stereocenters. The van der Waals surface area contributed by atoms with Gasteiger partial charge in [-0.1, -0.05) is 47.1 Å². The third-order valence-electron chi connectivity index (χ3n) is 8.12. The number of carbonyl (C=O) groups excluding carboxylic acids is 2. The average Bonchev–Trinajstić information content (AvgIpc) is 3.52. The molecule has 0 spiro atoms. The molecule has 3 aliphatic rings. The summed E-state index contributed by atoms with van der Waals surface area (Å²) in [5.74, 6) is -2.31. The van der Waals surface area contributed by atoms with Gasteiger partial charge < -0.3 is 24.5 Å². The zero-order valence-corrected chi connectivity index (χ0v) is 23.9. The number of benzene rings is 3. The first-order valence-electron chi connectivity index (χ1n) is 14.1. The van der Waals surface area contributed by atoms with E-state index in [0.29, 0.717) is 25.2 Å². The highest BCUT2D eigenvalue weighted by Crippen LogP contribution is 2.38. The average molecular weight is 606 g/mol. The molecule has 1 saturated heterocycles. The molecule has 11 heteroatoms. The second-order valence-electron chi connectivity index (χ2n) is 10.7. The van der Waals surface area contributed by atoms with E-state index in [9.17, 15) is 23.9 Å². The predicted molar refractivity (Wildman–Crippen MR) is 157 cm³/mol. The minimum Gasteiger partial charge on any atom is -0.478 e. The quantitative estimate of drug-likeness (QED) is 0.424. The summed E-state index contributed by atoms with van der Waals surface area (Å²) < 4.78 is 20.2. The highest BCUT2D eigenvalue weighted by molar-refractivity contribution is 6.31. The van der Waals surface area contributed by atoms with Gasteiger partial charge in [0.05, 0.1) is 29.5 Å². The SMILES string of the molecule is O=C(O)c1ccc(CC(=O)[C@H]2c3cccc(N4CCOCC4)c3CCN2C(=O)[C@H]2CC(c3cccc(Cl)c3F)=NO2)cc1. The first kappa shape index (κ1) is 28.8. The summed E-state index contributed by atoms with van der Waals surface area (Å²) in [5.41, 5.74) is 3.98. The number of halogens is 2. The molecular formula is C32H29ClFN3O6. The Morgan fingerprint density at radius 2 is 1.74 bits per heavy atom. The Kier molecular flexibility index (Phi) is 8.14. The Labute approximate surface area is 252 Å². The highest BCUT2D eigenvalue weighted by atomic mass is 35.5. The number of anilines is 1. The number of carbonyl (C=O) groups is 3. The Hall–Kier alpha value is -4.28. The van der Waals surface area contributed by atoms with Crippen molar-refractivity contribution < 1.29 is 33.5 Å². The van der Waals surface area contributed by atoms with Gasteiger partial charge in [0.15, 0.2) is 11.6 Å². The molecule has 3 aliphatic heterocycles. The van der Waals surface area contributed by atoms with Crippen molar-refractivity contribution in [1.29, 1.82) is 0 Å². The number of aromatic carboxylic acids is 1. The van der Waals surface area contributed by atoms with Crippen LogP contribution in [0.4, 0.5) is 10.1 Å². The van der Waals surface area contributed by atoms with Crippen LogP contribution in [0.2, 0.25) is 5.02 Å². The lowest BCUT2D eigenvalue weighted by atomic mass is 9.86. The van der Waals surface area contributed by atoms with E-state index in [1.54, 1.807) is 18.2 Å². The summed E-state index contributed by atoms with van der Waals surface area (Å²) in [6, 6.07) is 15.6. The van der Waals surface area contributed by atoms with E-state index in [0.717, 1.165) is 29.9 Å². The van der Waals surface area contributed by atoms with Gasteiger partial charge in [-0.3, -0.25) is 9.59 Å². The number of Topliss-reactive ketones (excluding diaryl/α,β-unsaturated/α-hetero) is 1. The number of ether oxygens (including phenoxy) is 1. The lowest BCUT2D eigenvalue weighted by Crippen LogP contribution is -2.48. The zero-order chi connectivity index (χ0) is 30.1. The summed E-state index contributed by atoms with van der Waals surface area (Å²) in [5, 5.41) is 13.2. The van der Waals surface area contributed by atoms with Crippen molar-refractivity contribution in [3.05, 3.63) is 99.3 Å². The maximum absolute atomic E-state index is 14.7. The highest BCUT2D eigenvalue weighted by Gasteiger charge is 2.42. The van der Waals surface area contributed by atoms with Gasteiger partial charge in [0.25, 0.3) is 5.91 Å². The molecule has 3 heterocycles. The summed E-state index contributed by atoms with van der Waals surface area (Å²) in [7, 11) is 0. The first-order valence-corrected chi connectivity index (χ1v) is 14.5. The normalized spacial score (nSPS) is 19.8. The predicted octanol–water partition coefficient (Wildman–Crippen LogP) is 4.44. The van der Waals surface area contributed by atoms with Crippen LogP contribution < -0.4 is 4.90 Å². The van der Waals surface area contributed by atoms with Gasteiger partial charge in [-0.15, -0.1) is 0 Å². The lowest BCUT2D eigenvalue weighted by Gasteiger charge is -2.40. The second kappa shape index (κ2) is 12.1. The molecule has 222 valence electrons. The van der Waals surface area contributed by atoms with Crippen LogP contribution in [0.3, 0.4) is 0 Å². The van der Waals surface area contributed by atoms with Gasteiger partial charge in [-0.25, -0.2) is 9.18 Å². The number of rotatable bonds is 7.